The second-order valence-corrected chi connectivity index (χ2v) is 9.66. The molecule has 0 saturated heterocycles. The van der Waals surface area contributed by atoms with Crippen molar-refractivity contribution in [1.82, 2.24) is 14.8 Å². The van der Waals surface area contributed by atoms with Gasteiger partial charge in [0, 0.05) is 30.8 Å². The van der Waals surface area contributed by atoms with Crippen molar-refractivity contribution in [2.75, 3.05) is 19.0 Å². The summed E-state index contributed by atoms with van der Waals surface area (Å²) in [5.41, 5.74) is 4.48. The quantitative estimate of drug-likeness (QED) is 0.604. The highest BCUT2D eigenvalue weighted by molar-refractivity contribution is 7.91. The van der Waals surface area contributed by atoms with Crippen LogP contribution < -0.4 is 19.9 Å². The molecule has 1 aromatic carbocycles. The van der Waals surface area contributed by atoms with E-state index in [1.807, 2.05) is 12.1 Å². The molecule has 2 aliphatic rings. The van der Waals surface area contributed by atoms with Crippen molar-refractivity contribution in [3.05, 3.63) is 47.8 Å². The summed E-state index contributed by atoms with van der Waals surface area (Å²) in [6.07, 6.45) is 6.54. The molecule has 2 aromatic heterocycles. The summed E-state index contributed by atoms with van der Waals surface area (Å²) in [5.74, 6) is 0.765. The molecule has 3 aromatic rings. The van der Waals surface area contributed by atoms with Gasteiger partial charge in [0.05, 0.1) is 25.6 Å². The molecule has 10 nitrogen and oxygen atoms in total. The van der Waals surface area contributed by atoms with Crippen LogP contribution in [-0.2, 0) is 29.3 Å². The van der Waals surface area contributed by atoms with Gasteiger partial charge in [0.25, 0.3) is 0 Å². The second kappa shape index (κ2) is 8.49. The number of urea groups is 1. The zero-order chi connectivity index (χ0) is 23.0. The number of hydrogen-bond donors (Lipinski definition) is 2. The molecule has 5 rings (SSSR count). The van der Waals surface area contributed by atoms with Crippen LogP contribution in [0, 0.1) is 0 Å². The third-order valence-electron chi connectivity index (χ3n) is 5.82. The van der Waals surface area contributed by atoms with Crippen LogP contribution in [0.5, 0.6) is 11.8 Å². The van der Waals surface area contributed by atoms with E-state index < -0.39 is 15.9 Å². The van der Waals surface area contributed by atoms with E-state index in [1.54, 1.807) is 24.1 Å². The zero-order valence-corrected chi connectivity index (χ0v) is 18.9. The number of anilines is 1. The second-order valence-electron chi connectivity index (χ2n) is 7.90. The molecule has 3 heterocycles. The molecule has 0 radical (unpaired) electrons. The smallest absolute Gasteiger partial charge is 0.354 e. The maximum atomic E-state index is 13.2. The fourth-order valence-electron chi connectivity index (χ4n) is 4.29. The molecule has 3 N–H and O–H groups in total. The molecule has 0 unspecified atom stereocenters. The number of aryl methyl sites for hydroxylation is 2. The van der Waals surface area contributed by atoms with Crippen LogP contribution in [-0.4, -0.2) is 38.7 Å². The highest BCUT2D eigenvalue weighted by Crippen LogP contribution is 2.38. The Morgan fingerprint density at radius 3 is 3.03 bits per heavy atom. The third-order valence-corrected chi connectivity index (χ3v) is 7.16. The average molecular weight is 469 g/mol. The maximum Gasteiger partial charge on any atom is 0.354 e. The lowest BCUT2D eigenvalue weighted by Gasteiger charge is -2.17. The van der Waals surface area contributed by atoms with Gasteiger partial charge in [-0.05, 0) is 42.0 Å². The lowest BCUT2D eigenvalue weighted by atomic mass is 9.98. The number of nitrogens with one attached hydrogen (secondary N) is 1. The Kier molecular flexibility index (Phi) is 5.51. The molecule has 172 valence electrons. The summed E-state index contributed by atoms with van der Waals surface area (Å²) < 4.78 is 29.4. The van der Waals surface area contributed by atoms with E-state index in [1.165, 1.54) is 11.8 Å². The van der Waals surface area contributed by atoms with Crippen molar-refractivity contribution in [3.8, 4) is 22.9 Å². The molecular weight excluding hydrogens is 444 g/mol. The lowest BCUT2D eigenvalue weighted by molar-refractivity contribution is 0.224. The fraction of sp³-hybridized carbons (Fsp3) is 0.318. The summed E-state index contributed by atoms with van der Waals surface area (Å²) in [7, 11) is -2.01. The van der Waals surface area contributed by atoms with Crippen LogP contribution in [0.25, 0.3) is 11.1 Å². The number of fused-ring (bicyclic) bond motifs is 2. The van der Waals surface area contributed by atoms with Crippen LogP contribution in [0.1, 0.15) is 24.0 Å². The molecule has 0 bridgehead atoms. The topological polar surface area (TPSA) is 134 Å². The minimum absolute atomic E-state index is 0.120. The number of aromatic nitrogens is 3. The van der Waals surface area contributed by atoms with Crippen LogP contribution in [0.4, 0.5) is 10.5 Å². The van der Waals surface area contributed by atoms with Crippen LogP contribution in [0.3, 0.4) is 0 Å². The highest BCUT2D eigenvalue weighted by Gasteiger charge is 2.25. The summed E-state index contributed by atoms with van der Waals surface area (Å²) in [6.45, 7) is 1.10. The largest absolute Gasteiger partial charge is 0.481 e. The number of amides is 2. The first-order chi connectivity index (χ1) is 16.0. The SMILES string of the molecule is COc1cc(-c2ccc3c(c2NC(=O)N=[S@@](N)(=O)c2cnn4c2OCCC4)CCC3)ccn1. The molecule has 11 heteroatoms. The zero-order valence-electron chi connectivity index (χ0n) is 18.1. The number of carbonyl (C=O) groups excluding carboxylic acids is 1. The Bertz CT molecular complexity index is 1360. The number of methoxy groups -OCH3 is 1. The van der Waals surface area contributed by atoms with Gasteiger partial charge in [0.1, 0.15) is 4.90 Å². The van der Waals surface area contributed by atoms with Crippen LogP contribution in [0.15, 0.2) is 45.9 Å². The summed E-state index contributed by atoms with van der Waals surface area (Å²) in [4.78, 5) is 17.2. The molecule has 1 atom stereocenters. The number of ether oxygens (including phenoxy) is 2. The number of pyridine rings is 1. The molecule has 0 spiro atoms. The monoisotopic (exact) mass is 468 g/mol. The first kappa shape index (κ1) is 21.4. The summed E-state index contributed by atoms with van der Waals surface area (Å²) in [6, 6.07) is 6.87. The average Bonchev–Trinajstić information content (AvgIpc) is 3.46. The van der Waals surface area contributed by atoms with Crippen molar-refractivity contribution < 1.29 is 18.5 Å². The number of nitrogens with zero attached hydrogens (tertiary/aromatic N) is 4. The maximum absolute atomic E-state index is 13.2. The van der Waals surface area contributed by atoms with Gasteiger partial charge in [-0.15, -0.1) is 4.36 Å². The number of hydrogen-bond acceptors (Lipinski definition) is 6. The molecule has 0 fully saturated rings. The fourth-order valence-corrected chi connectivity index (χ4v) is 5.29. The molecule has 33 heavy (non-hydrogen) atoms. The number of carbonyl (C=O) groups is 1. The van der Waals surface area contributed by atoms with Gasteiger partial charge in [0.15, 0.2) is 9.92 Å². The predicted octanol–water partition coefficient (Wildman–Crippen LogP) is 3.16. The van der Waals surface area contributed by atoms with Crippen molar-refractivity contribution >= 4 is 21.6 Å². The standard InChI is InChI=1S/C22H24N6O4S/c1-31-19-12-15(8-9-24-19)17-7-6-14-4-2-5-16(14)20(17)26-22(29)27-33(23,30)18-13-25-28-10-3-11-32-21(18)28/h6-9,12-13H,2-5,10-11H2,1H3,(H3,23,26,27,29,30)/t33-/m1/s1. The van der Waals surface area contributed by atoms with Crippen molar-refractivity contribution in [2.24, 2.45) is 9.50 Å². The Labute approximate surface area is 191 Å². The van der Waals surface area contributed by atoms with Crippen molar-refractivity contribution in [1.29, 1.82) is 0 Å². The van der Waals surface area contributed by atoms with Crippen LogP contribution >= 0.6 is 0 Å². The molecular formula is C22H24N6O4S. The molecule has 0 saturated carbocycles. The number of nitrogens with two attached hydrogens (primary N) is 1. The minimum atomic E-state index is -3.56. The first-order valence-corrected chi connectivity index (χ1v) is 12.2. The van der Waals surface area contributed by atoms with Gasteiger partial charge in [-0.1, -0.05) is 12.1 Å². The van der Waals surface area contributed by atoms with Crippen molar-refractivity contribution in [2.45, 2.75) is 37.1 Å². The summed E-state index contributed by atoms with van der Waals surface area (Å²) >= 11 is 0. The molecule has 1 aliphatic carbocycles. The van der Waals surface area contributed by atoms with Crippen LogP contribution in [0.2, 0.25) is 0 Å². The Morgan fingerprint density at radius 1 is 1.30 bits per heavy atom. The van der Waals surface area contributed by atoms with E-state index in [2.05, 4.69) is 25.8 Å². The predicted molar refractivity (Wildman–Crippen MR) is 123 cm³/mol. The molecule has 2 amide bonds. The normalized spacial score (nSPS) is 16.2. The summed E-state index contributed by atoms with van der Waals surface area (Å²) in [5, 5.41) is 13.0. The van der Waals surface area contributed by atoms with Gasteiger partial charge >= 0.3 is 6.03 Å². The van der Waals surface area contributed by atoms with Gasteiger partial charge in [0.2, 0.25) is 11.8 Å². The third kappa shape index (κ3) is 4.05. The Balaban J connectivity index is 1.52. The first-order valence-electron chi connectivity index (χ1n) is 10.7. The van der Waals surface area contributed by atoms with E-state index in [0.717, 1.165) is 42.4 Å². The van der Waals surface area contributed by atoms with E-state index in [-0.39, 0.29) is 4.90 Å². The van der Waals surface area contributed by atoms with E-state index >= 15 is 0 Å². The highest BCUT2D eigenvalue weighted by atomic mass is 32.2. The number of rotatable bonds is 4. The Morgan fingerprint density at radius 2 is 2.18 bits per heavy atom. The minimum Gasteiger partial charge on any atom is -0.481 e. The Hall–Kier alpha value is -3.44. The molecule has 1 aliphatic heterocycles. The van der Waals surface area contributed by atoms with Gasteiger partial charge < -0.3 is 14.8 Å². The van der Waals surface area contributed by atoms with Gasteiger partial charge in [-0.25, -0.2) is 23.8 Å². The van der Waals surface area contributed by atoms with E-state index in [4.69, 9.17) is 14.6 Å². The van der Waals surface area contributed by atoms with Gasteiger partial charge in [-0.3, -0.25) is 0 Å². The number of benzene rings is 1. The van der Waals surface area contributed by atoms with E-state index in [9.17, 15) is 9.00 Å². The van der Waals surface area contributed by atoms with Gasteiger partial charge in [-0.2, -0.15) is 5.10 Å². The van der Waals surface area contributed by atoms with Crippen molar-refractivity contribution in [3.63, 3.8) is 0 Å². The van der Waals surface area contributed by atoms with E-state index in [0.29, 0.717) is 30.6 Å². The lowest BCUT2D eigenvalue weighted by Crippen LogP contribution is -2.21.